The van der Waals surface area contributed by atoms with E-state index in [0.717, 1.165) is 30.3 Å². The third-order valence-electron chi connectivity index (χ3n) is 4.71. The van der Waals surface area contributed by atoms with Crippen molar-refractivity contribution in [2.24, 2.45) is 10.8 Å². The number of fused-ring (bicyclic) bond motifs is 2. The molecule has 2 saturated carbocycles. The summed E-state index contributed by atoms with van der Waals surface area (Å²) in [5, 5.41) is 12.9. The van der Waals surface area contributed by atoms with E-state index in [1.54, 1.807) is 0 Å². The lowest BCUT2D eigenvalue weighted by atomic mass is 9.82. The van der Waals surface area contributed by atoms with Crippen molar-refractivity contribution in [2.45, 2.75) is 32.1 Å². The molecule has 1 aromatic rings. The Morgan fingerprint density at radius 1 is 1.28 bits per heavy atom. The molecular weight excluding hydrogens is 288 g/mol. The predicted molar refractivity (Wildman–Crippen MR) is 76.2 cm³/mol. The molecule has 18 heavy (non-hydrogen) atoms. The molecule has 3 rings (SSSR count). The standard InChI is InChI=1S/C15H17BrN2/c16-12-2-1-3-13(8-12)18-11-15-6-4-14(9-15,10-17)5-7-15/h1-3,8,18H,4-7,9,11H2. The van der Waals surface area contributed by atoms with Crippen molar-refractivity contribution in [2.75, 3.05) is 11.9 Å². The van der Waals surface area contributed by atoms with Gasteiger partial charge in [-0.1, -0.05) is 22.0 Å². The SMILES string of the molecule is N#CC12CCC(CNc3cccc(Br)c3)(CC1)C2. The molecule has 1 aromatic carbocycles. The molecule has 0 atom stereocenters. The maximum atomic E-state index is 9.30. The van der Waals surface area contributed by atoms with Crippen LogP contribution in [0.2, 0.25) is 0 Å². The zero-order chi connectivity index (χ0) is 12.6. The Morgan fingerprint density at radius 3 is 2.67 bits per heavy atom. The Kier molecular flexibility index (Phi) is 2.86. The van der Waals surface area contributed by atoms with Gasteiger partial charge >= 0.3 is 0 Å². The summed E-state index contributed by atoms with van der Waals surface area (Å²) in [6.07, 6.45) is 5.72. The van der Waals surface area contributed by atoms with Crippen molar-refractivity contribution in [3.63, 3.8) is 0 Å². The molecule has 1 N–H and O–H groups in total. The van der Waals surface area contributed by atoms with Gasteiger partial charge in [0.2, 0.25) is 0 Å². The summed E-state index contributed by atoms with van der Waals surface area (Å²) in [7, 11) is 0. The first kappa shape index (κ1) is 12.0. The van der Waals surface area contributed by atoms with Crippen LogP contribution >= 0.6 is 15.9 Å². The average molecular weight is 305 g/mol. The van der Waals surface area contributed by atoms with Gasteiger partial charge in [-0.15, -0.1) is 0 Å². The monoisotopic (exact) mass is 304 g/mol. The second-order valence-corrected chi connectivity index (χ2v) is 6.85. The average Bonchev–Trinajstić information content (AvgIpc) is 2.94. The minimum absolute atomic E-state index is 0.0128. The second kappa shape index (κ2) is 4.28. The van der Waals surface area contributed by atoms with E-state index in [9.17, 15) is 5.26 Å². The number of nitriles is 1. The van der Waals surface area contributed by atoms with Crippen LogP contribution in [-0.2, 0) is 0 Å². The highest BCUT2D eigenvalue weighted by Gasteiger charge is 2.54. The van der Waals surface area contributed by atoms with Gasteiger partial charge < -0.3 is 5.32 Å². The van der Waals surface area contributed by atoms with E-state index in [1.165, 1.54) is 18.5 Å². The number of nitrogens with one attached hydrogen (secondary N) is 1. The Morgan fingerprint density at radius 2 is 2.06 bits per heavy atom. The van der Waals surface area contributed by atoms with Crippen LogP contribution in [0.1, 0.15) is 32.1 Å². The molecule has 0 unspecified atom stereocenters. The first-order valence-corrected chi connectivity index (χ1v) is 7.36. The Hall–Kier alpha value is -1.01. The Labute approximate surface area is 117 Å². The van der Waals surface area contributed by atoms with Crippen LogP contribution in [0, 0.1) is 22.2 Å². The molecule has 0 aromatic heterocycles. The molecule has 0 radical (unpaired) electrons. The van der Waals surface area contributed by atoms with Gasteiger partial charge in [-0.25, -0.2) is 0 Å². The lowest BCUT2D eigenvalue weighted by Crippen LogP contribution is -2.24. The molecule has 0 saturated heterocycles. The number of hydrogen-bond donors (Lipinski definition) is 1. The van der Waals surface area contributed by atoms with E-state index in [4.69, 9.17) is 0 Å². The Bertz CT molecular complexity index is 495. The fraction of sp³-hybridized carbons (Fsp3) is 0.533. The smallest absolute Gasteiger partial charge is 0.0689 e. The molecular formula is C15H17BrN2. The fourth-order valence-electron chi connectivity index (χ4n) is 3.61. The summed E-state index contributed by atoms with van der Waals surface area (Å²) in [5.74, 6) is 0. The zero-order valence-corrected chi connectivity index (χ0v) is 12.0. The van der Waals surface area contributed by atoms with E-state index in [1.807, 2.05) is 12.1 Å². The quantitative estimate of drug-likeness (QED) is 0.902. The molecule has 3 heteroatoms. The third kappa shape index (κ3) is 2.03. The number of hydrogen-bond acceptors (Lipinski definition) is 2. The molecule has 2 nitrogen and oxygen atoms in total. The van der Waals surface area contributed by atoms with Gasteiger partial charge in [0.05, 0.1) is 11.5 Å². The lowest BCUT2D eigenvalue weighted by molar-refractivity contribution is 0.311. The highest BCUT2D eigenvalue weighted by Crippen LogP contribution is 2.61. The minimum Gasteiger partial charge on any atom is -0.384 e. The molecule has 2 aliphatic carbocycles. The van der Waals surface area contributed by atoms with Crippen molar-refractivity contribution in [1.82, 2.24) is 0 Å². The van der Waals surface area contributed by atoms with Crippen molar-refractivity contribution in [3.05, 3.63) is 28.7 Å². The van der Waals surface area contributed by atoms with Gasteiger partial charge in [0.1, 0.15) is 0 Å². The molecule has 0 amide bonds. The topological polar surface area (TPSA) is 35.8 Å². The normalized spacial score (nSPS) is 33.3. The molecule has 2 aliphatic rings. The number of benzene rings is 1. The van der Waals surface area contributed by atoms with Gasteiger partial charge in [0, 0.05) is 16.7 Å². The highest BCUT2D eigenvalue weighted by molar-refractivity contribution is 9.10. The van der Waals surface area contributed by atoms with Crippen LogP contribution in [-0.4, -0.2) is 6.54 Å². The van der Waals surface area contributed by atoms with Crippen LogP contribution in [0.15, 0.2) is 28.7 Å². The first-order chi connectivity index (χ1) is 8.65. The fourth-order valence-corrected chi connectivity index (χ4v) is 4.01. The molecule has 94 valence electrons. The van der Waals surface area contributed by atoms with E-state index in [0.29, 0.717) is 5.41 Å². The maximum absolute atomic E-state index is 9.30. The van der Waals surface area contributed by atoms with Crippen LogP contribution in [0.5, 0.6) is 0 Å². The summed E-state index contributed by atoms with van der Waals surface area (Å²) < 4.78 is 1.11. The van der Waals surface area contributed by atoms with Gasteiger partial charge in [-0.3, -0.25) is 0 Å². The van der Waals surface area contributed by atoms with Crippen LogP contribution in [0.25, 0.3) is 0 Å². The summed E-state index contributed by atoms with van der Waals surface area (Å²) in [4.78, 5) is 0. The first-order valence-electron chi connectivity index (χ1n) is 6.56. The zero-order valence-electron chi connectivity index (χ0n) is 10.4. The van der Waals surface area contributed by atoms with Gasteiger partial charge in [0.15, 0.2) is 0 Å². The third-order valence-corrected chi connectivity index (χ3v) is 5.20. The molecule has 0 aliphatic heterocycles. The maximum Gasteiger partial charge on any atom is 0.0689 e. The van der Waals surface area contributed by atoms with Crippen molar-refractivity contribution in [1.29, 1.82) is 5.26 Å². The number of halogens is 1. The lowest BCUT2D eigenvalue weighted by Gasteiger charge is -2.27. The van der Waals surface area contributed by atoms with Gasteiger partial charge in [-0.05, 0) is 55.7 Å². The van der Waals surface area contributed by atoms with E-state index in [-0.39, 0.29) is 5.41 Å². The predicted octanol–water partition coefficient (Wildman–Crippen LogP) is 4.34. The molecule has 0 spiro atoms. The summed E-state index contributed by atoms with van der Waals surface area (Å²) >= 11 is 3.49. The summed E-state index contributed by atoms with van der Waals surface area (Å²) in [5.41, 5.74) is 1.55. The van der Waals surface area contributed by atoms with Crippen LogP contribution < -0.4 is 5.32 Å². The number of rotatable bonds is 3. The molecule has 0 heterocycles. The van der Waals surface area contributed by atoms with Gasteiger partial charge in [-0.2, -0.15) is 5.26 Å². The van der Waals surface area contributed by atoms with Crippen molar-refractivity contribution in [3.8, 4) is 6.07 Å². The highest BCUT2D eigenvalue weighted by atomic mass is 79.9. The van der Waals surface area contributed by atoms with Crippen LogP contribution in [0.4, 0.5) is 5.69 Å². The van der Waals surface area contributed by atoms with E-state index < -0.39 is 0 Å². The van der Waals surface area contributed by atoms with E-state index in [2.05, 4.69) is 39.4 Å². The second-order valence-electron chi connectivity index (χ2n) is 5.93. The molecule has 2 fully saturated rings. The van der Waals surface area contributed by atoms with Crippen LogP contribution in [0.3, 0.4) is 0 Å². The molecule has 2 bridgehead atoms. The van der Waals surface area contributed by atoms with E-state index >= 15 is 0 Å². The summed E-state index contributed by atoms with van der Waals surface area (Å²) in [6, 6.07) is 10.9. The Balaban J connectivity index is 1.67. The summed E-state index contributed by atoms with van der Waals surface area (Å²) in [6.45, 7) is 1.01. The number of anilines is 1. The largest absolute Gasteiger partial charge is 0.384 e. The van der Waals surface area contributed by atoms with Crippen molar-refractivity contribution >= 4 is 21.6 Å². The van der Waals surface area contributed by atoms with Crippen molar-refractivity contribution < 1.29 is 0 Å². The number of nitrogens with zero attached hydrogens (tertiary/aromatic N) is 1. The van der Waals surface area contributed by atoms with Gasteiger partial charge in [0.25, 0.3) is 0 Å². The minimum atomic E-state index is 0.0128.